The van der Waals surface area contributed by atoms with Crippen molar-refractivity contribution in [3.05, 3.63) is 17.6 Å². The van der Waals surface area contributed by atoms with Gasteiger partial charge in [-0.15, -0.1) is 0 Å². The maximum absolute atomic E-state index is 5.13. The van der Waals surface area contributed by atoms with Gasteiger partial charge in [-0.1, -0.05) is 0 Å². The first-order valence-electron chi connectivity index (χ1n) is 6.09. The first-order chi connectivity index (χ1) is 8.29. The lowest BCUT2D eigenvalue weighted by molar-refractivity contribution is 0.181. The van der Waals surface area contributed by atoms with Crippen LogP contribution in [0.1, 0.15) is 17.9 Å². The quantitative estimate of drug-likeness (QED) is 0.838. The van der Waals surface area contributed by atoms with Crippen molar-refractivity contribution in [2.75, 3.05) is 38.2 Å². The molecule has 5 heteroatoms. The van der Waals surface area contributed by atoms with Gasteiger partial charge in [0.1, 0.15) is 11.6 Å². The largest absolute Gasteiger partial charge is 0.378 e. The van der Waals surface area contributed by atoms with Crippen LogP contribution < -0.4 is 10.2 Å². The molecule has 5 nitrogen and oxygen atoms in total. The van der Waals surface area contributed by atoms with Crippen LogP contribution in [-0.2, 0) is 11.3 Å². The Kier molecular flexibility index (Phi) is 4.28. The molecule has 1 aromatic heterocycles. The van der Waals surface area contributed by atoms with Crippen LogP contribution >= 0.6 is 0 Å². The number of nitrogens with zero attached hydrogens (tertiary/aromatic N) is 3. The van der Waals surface area contributed by atoms with Crippen LogP contribution in [0.25, 0.3) is 0 Å². The molecule has 17 heavy (non-hydrogen) atoms. The molecule has 0 unspecified atom stereocenters. The molecule has 2 rings (SSSR count). The molecule has 0 spiro atoms. The van der Waals surface area contributed by atoms with Crippen molar-refractivity contribution in [2.24, 2.45) is 0 Å². The second-order valence-corrected chi connectivity index (χ2v) is 4.29. The van der Waals surface area contributed by atoms with Gasteiger partial charge in [-0.25, -0.2) is 9.97 Å². The maximum atomic E-state index is 5.13. The zero-order valence-electron chi connectivity index (χ0n) is 10.6. The summed E-state index contributed by atoms with van der Waals surface area (Å²) < 4.78 is 5.13. The van der Waals surface area contributed by atoms with E-state index < -0.39 is 0 Å². The minimum absolute atomic E-state index is 0.544. The van der Waals surface area contributed by atoms with Gasteiger partial charge in [0.2, 0.25) is 0 Å². The van der Waals surface area contributed by atoms with Gasteiger partial charge in [0.05, 0.1) is 12.3 Å². The lowest BCUT2D eigenvalue weighted by atomic mass is 10.3. The topological polar surface area (TPSA) is 50.3 Å². The summed E-state index contributed by atoms with van der Waals surface area (Å²) in [7, 11) is 1.69. The van der Waals surface area contributed by atoms with Crippen LogP contribution in [0, 0.1) is 6.92 Å². The Bertz CT molecular complexity index is 362. The number of nitrogens with one attached hydrogen (secondary N) is 1. The molecule has 0 saturated carbocycles. The average Bonchev–Trinajstić information content (AvgIpc) is 2.57. The Labute approximate surface area is 102 Å². The van der Waals surface area contributed by atoms with Crippen molar-refractivity contribution < 1.29 is 4.74 Å². The van der Waals surface area contributed by atoms with E-state index in [0.717, 1.165) is 49.9 Å². The summed E-state index contributed by atoms with van der Waals surface area (Å²) in [6.07, 6.45) is 1.16. The summed E-state index contributed by atoms with van der Waals surface area (Å²) in [6.45, 7) is 6.63. The van der Waals surface area contributed by atoms with E-state index in [1.807, 2.05) is 13.0 Å². The highest BCUT2D eigenvalue weighted by Gasteiger charge is 2.12. The molecule has 1 aromatic rings. The van der Waals surface area contributed by atoms with Crippen molar-refractivity contribution in [1.82, 2.24) is 15.3 Å². The van der Waals surface area contributed by atoms with Crippen LogP contribution in [0.15, 0.2) is 6.07 Å². The fourth-order valence-corrected chi connectivity index (χ4v) is 2.07. The molecule has 2 heterocycles. The zero-order chi connectivity index (χ0) is 12.1. The number of aryl methyl sites for hydroxylation is 1. The van der Waals surface area contributed by atoms with Crippen LogP contribution in [0.2, 0.25) is 0 Å². The summed E-state index contributed by atoms with van der Waals surface area (Å²) in [4.78, 5) is 11.2. The summed E-state index contributed by atoms with van der Waals surface area (Å²) >= 11 is 0. The second kappa shape index (κ2) is 5.93. The molecule has 0 bridgehead atoms. The van der Waals surface area contributed by atoms with Crippen LogP contribution in [0.3, 0.4) is 0 Å². The van der Waals surface area contributed by atoms with Crippen LogP contribution in [0.5, 0.6) is 0 Å². The van der Waals surface area contributed by atoms with E-state index in [0.29, 0.717) is 6.61 Å². The summed E-state index contributed by atoms with van der Waals surface area (Å²) in [6, 6.07) is 2.03. The summed E-state index contributed by atoms with van der Waals surface area (Å²) in [5.41, 5.74) is 0.951. The lowest BCUT2D eigenvalue weighted by Gasteiger charge is -2.21. The predicted octanol–water partition coefficient (Wildman–Crippen LogP) is 0.731. The minimum Gasteiger partial charge on any atom is -0.378 e. The van der Waals surface area contributed by atoms with E-state index in [1.54, 1.807) is 7.11 Å². The summed E-state index contributed by atoms with van der Waals surface area (Å²) in [5, 5.41) is 3.39. The van der Waals surface area contributed by atoms with E-state index in [4.69, 9.17) is 4.74 Å². The predicted molar refractivity (Wildman–Crippen MR) is 67.2 cm³/mol. The monoisotopic (exact) mass is 236 g/mol. The number of methoxy groups -OCH3 is 1. The van der Waals surface area contributed by atoms with Crippen LogP contribution in [-0.4, -0.2) is 43.3 Å². The molecule has 1 aliphatic rings. The zero-order valence-corrected chi connectivity index (χ0v) is 10.6. The van der Waals surface area contributed by atoms with E-state index in [-0.39, 0.29) is 0 Å². The second-order valence-electron chi connectivity index (χ2n) is 4.29. The van der Waals surface area contributed by atoms with Gasteiger partial charge in [-0.2, -0.15) is 0 Å². The molecule has 0 amide bonds. The fourth-order valence-electron chi connectivity index (χ4n) is 2.07. The molecule has 0 aliphatic carbocycles. The van der Waals surface area contributed by atoms with E-state index in [1.165, 1.54) is 0 Å². The van der Waals surface area contributed by atoms with Crippen molar-refractivity contribution in [2.45, 2.75) is 20.0 Å². The highest BCUT2D eigenvalue weighted by molar-refractivity contribution is 5.40. The van der Waals surface area contributed by atoms with Gasteiger partial charge in [-0.05, 0) is 19.9 Å². The van der Waals surface area contributed by atoms with Gasteiger partial charge in [-0.3, -0.25) is 0 Å². The highest BCUT2D eigenvalue weighted by atomic mass is 16.5. The molecular weight excluding hydrogens is 216 g/mol. The first-order valence-corrected chi connectivity index (χ1v) is 6.09. The van der Waals surface area contributed by atoms with E-state index >= 15 is 0 Å². The third kappa shape index (κ3) is 3.38. The Morgan fingerprint density at radius 2 is 2.24 bits per heavy atom. The molecule has 1 N–H and O–H groups in total. The minimum atomic E-state index is 0.544. The lowest BCUT2D eigenvalue weighted by Crippen LogP contribution is -2.29. The molecule has 0 radical (unpaired) electrons. The molecule has 94 valence electrons. The number of anilines is 1. The van der Waals surface area contributed by atoms with Crippen molar-refractivity contribution >= 4 is 5.82 Å². The number of hydrogen-bond donors (Lipinski definition) is 1. The van der Waals surface area contributed by atoms with E-state index in [9.17, 15) is 0 Å². The molecule has 1 saturated heterocycles. The number of ether oxygens (including phenoxy) is 1. The van der Waals surface area contributed by atoms with Gasteiger partial charge in [0.15, 0.2) is 0 Å². The normalized spacial score (nSPS) is 16.9. The molecule has 1 fully saturated rings. The standard InChI is InChI=1S/C12H20N4O/c1-10-14-11(9-17-2)8-12(15-10)16-6-3-4-13-5-7-16/h8,13H,3-7,9H2,1-2H3. The molecule has 0 aromatic carbocycles. The average molecular weight is 236 g/mol. The van der Waals surface area contributed by atoms with Gasteiger partial charge >= 0.3 is 0 Å². The van der Waals surface area contributed by atoms with Crippen molar-refractivity contribution in [3.8, 4) is 0 Å². The smallest absolute Gasteiger partial charge is 0.132 e. The van der Waals surface area contributed by atoms with Crippen molar-refractivity contribution in [3.63, 3.8) is 0 Å². The SMILES string of the molecule is COCc1cc(N2CCCNCC2)nc(C)n1. The Hall–Kier alpha value is -1.20. The molecule has 1 aliphatic heterocycles. The number of hydrogen-bond acceptors (Lipinski definition) is 5. The molecular formula is C12H20N4O. The Balaban J connectivity index is 2.17. The third-order valence-electron chi connectivity index (χ3n) is 2.83. The van der Waals surface area contributed by atoms with Crippen LogP contribution in [0.4, 0.5) is 5.82 Å². The first kappa shape index (κ1) is 12.3. The fraction of sp³-hybridized carbons (Fsp3) is 0.667. The molecule has 0 atom stereocenters. The summed E-state index contributed by atoms with van der Waals surface area (Å²) in [5.74, 6) is 1.83. The van der Waals surface area contributed by atoms with E-state index in [2.05, 4.69) is 20.2 Å². The maximum Gasteiger partial charge on any atom is 0.132 e. The highest BCUT2D eigenvalue weighted by Crippen LogP contribution is 2.14. The van der Waals surface area contributed by atoms with Gasteiger partial charge in [0, 0.05) is 32.8 Å². The van der Waals surface area contributed by atoms with Gasteiger partial charge < -0.3 is 15.0 Å². The Morgan fingerprint density at radius 3 is 3.06 bits per heavy atom. The van der Waals surface area contributed by atoms with Crippen molar-refractivity contribution in [1.29, 1.82) is 0 Å². The third-order valence-corrected chi connectivity index (χ3v) is 2.83. The van der Waals surface area contributed by atoms with Gasteiger partial charge in [0.25, 0.3) is 0 Å². The number of rotatable bonds is 3. The number of aromatic nitrogens is 2. The Morgan fingerprint density at radius 1 is 1.35 bits per heavy atom.